The Morgan fingerprint density at radius 1 is 1.21 bits per heavy atom. The number of rotatable bonds is 3. The van der Waals surface area contributed by atoms with Gasteiger partial charge in [-0.3, -0.25) is 14.2 Å². The van der Waals surface area contributed by atoms with Crippen LogP contribution in [0.15, 0.2) is 48.7 Å². The van der Waals surface area contributed by atoms with Gasteiger partial charge in [-0.15, -0.1) is 0 Å². The number of hydrogen-bond donors (Lipinski definition) is 1. The maximum atomic E-state index is 13.6. The highest BCUT2D eigenvalue weighted by atomic mass is 35.5. The van der Waals surface area contributed by atoms with Crippen LogP contribution in [0.2, 0.25) is 5.02 Å². The van der Waals surface area contributed by atoms with Gasteiger partial charge in [-0.05, 0) is 29.8 Å². The predicted molar refractivity (Wildman–Crippen MR) is 90.8 cm³/mol. The van der Waals surface area contributed by atoms with Crippen molar-refractivity contribution in [2.45, 2.75) is 13.5 Å². The Morgan fingerprint density at radius 3 is 2.67 bits per heavy atom. The largest absolute Gasteiger partial charge is 0.348 e. The van der Waals surface area contributed by atoms with Crippen molar-refractivity contribution in [1.82, 2.24) is 9.88 Å². The fraction of sp³-hybridized carbons (Fsp3) is 0.111. The lowest BCUT2D eigenvalue weighted by atomic mass is 10.1. The Morgan fingerprint density at radius 2 is 1.96 bits per heavy atom. The van der Waals surface area contributed by atoms with Crippen molar-refractivity contribution < 1.29 is 14.0 Å². The van der Waals surface area contributed by atoms with Gasteiger partial charge < -0.3 is 5.32 Å². The lowest BCUT2D eigenvalue weighted by Gasteiger charge is -2.06. The van der Waals surface area contributed by atoms with Gasteiger partial charge in [0.05, 0.1) is 11.1 Å². The summed E-state index contributed by atoms with van der Waals surface area (Å²) in [6.07, 6.45) is 1.42. The highest BCUT2D eigenvalue weighted by Gasteiger charge is 2.17. The molecule has 0 aliphatic heterocycles. The molecule has 0 aliphatic carbocycles. The van der Waals surface area contributed by atoms with Crippen LogP contribution in [0.1, 0.15) is 27.6 Å². The number of carbonyl (C=O) groups excluding carboxylic acids is 2. The van der Waals surface area contributed by atoms with Crippen LogP contribution >= 0.6 is 11.6 Å². The second-order valence-electron chi connectivity index (χ2n) is 5.37. The van der Waals surface area contributed by atoms with E-state index >= 15 is 0 Å². The molecule has 4 nitrogen and oxygen atoms in total. The third kappa shape index (κ3) is 3.03. The highest BCUT2D eigenvalue weighted by Crippen LogP contribution is 2.23. The van der Waals surface area contributed by atoms with Gasteiger partial charge in [0.25, 0.3) is 5.91 Å². The first-order valence-corrected chi connectivity index (χ1v) is 7.68. The molecule has 24 heavy (non-hydrogen) atoms. The number of nitrogens with zero attached hydrogens (tertiary/aromatic N) is 1. The third-order valence-electron chi connectivity index (χ3n) is 3.75. The Hall–Kier alpha value is -2.66. The molecule has 6 heteroatoms. The molecule has 0 atom stereocenters. The van der Waals surface area contributed by atoms with Crippen molar-refractivity contribution in [1.29, 1.82) is 0 Å². The fourth-order valence-corrected chi connectivity index (χ4v) is 2.76. The lowest BCUT2D eigenvalue weighted by Crippen LogP contribution is -2.22. The van der Waals surface area contributed by atoms with Crippen molar-refractivity contribution in [3.63, 3.8) is 0 Å². The summed E-state index contributed by atoms with van der Waals surface area (Å²) in [7, 11) is 0. The summed E-state index contributed by atoms with van der Waals surface area (Å²) >= 11 is 6.07. The molecule has 122 valence electrons. The molecule has 0 saturated carbocycles. The second kappa shape index (κ2) is 6.45. The second-order valence-corrected chi connectivity index (χ2v) is 5.77. The molecule has 2 aromatic carbocycles. The molecular formula is C18H14ClFN2O2. The van der Waals surface area contributed by atoms with Crippen LogP contribution < -0.4 is 5.32 Å². The van der Waals surface area contributed by atoms with Gasteiger partial charge >= 0.3 is 0 Å². The number of amides is 1. The maximum absolute atomic E-state index is 13.6. The Labute approximate surface area is 142 Å². The topological polar surface area (TPSA) is 51.1 Å². The summed E-state index contributed by atoms with van der Waals surface area (Å²) in [5.41, 5.74) is 1.51. The predicted octanol–water partition coefficient (Wildman–Crippen LogP) is 4.02. The SMILES string of the molecule is CC(=O)n1cc(C(=O)NCc2ccccc2Cl)c2cc(F)ccc21. The van der Waals surface area contributed by atoms with Crippen LogP contribution in [-0.4, -0.2) is 16.4 Å². The first-order valence-electron chi connectivity index (χ1n) is 7.30. The van der Waals surface area contributed by atoms with Crippen LogP contribution in [0.5, 0.6) is 0 Å². The van der Waals surface area contributed by atoms with E-state index in [1.165, 1.54) is 35.9 Å². The zero-order chi connectivity index (χ0) is 17.3. The molecule has 1 N–H and O–H groups in total. The summed E-state index contributed by atoms with van der Waals surface area (Å²) in [6.45, 7) is 1.62. The smallest absolute Gasteiger partial charge is 0.253 e. The zero-order valence-corrected chi connectivity index (χ0v) is 13.6. The molecule has 0 spiro atoms. The monoisotopic (exact) mass is 344 g/mol. The van der Waals surface area contributed by atoms with E-state index in [-0.39, 0.29) is 18.0 Å². The van der Waals surface area contributed by atoms with E-state index in [9.17, 15) is 14.0 Å². The van der Waals surface area contributed by atoms with E-state index in [1.54, 1.807) is 18.2 Å². The van der Waals surface area contributed by atoms with E-state index in [0.717, 1.165) is 5.56 Å². The first-order chi connectivity index (χ1) is 11.5. The minimum Gasteiger partial charge on any atom is -0.348 e. The van der Waals surface area contributed by atoms with E-state index in [2.05, 4.69) is 5.32 Å². The summed E-state index contributed by atoms with van der Waals surface area (Å²) in [6, 6.07) is 11.2. The van der Waals surface area contributed by atoms with Gasteiger partial charge in [-0.25, -0.2) is 4.39 Å². The van der Waals surface area contributed by atoms with Crippen LogP contribution in [0.4, 0.5) is 4.39 Å². The van der Waals surface area contributed by atoms with Crippen molar-refractivity contribution in [2.24, 2.45) is 0 Å². The number of halogens is 2. The third-order valence-corrected chi connectivity index (χ3v) is 4.12. The van der Waals surface area contributed by atoms with Crippen molar-refractivity contribution in [3.05, 3.63) is 70.6 Å². The van der Waals surface area contributed by atoms with Gasteiger partial charge in [-0.2, -0.15) is 0 Å². The lowest BCUT2D eigenvalue weighted by molar-refractivity contribution is 0.0941. The maximum Gasteiger partial charge on any atom is 0.253 e. The summed E-state index contributed by atoms with van der Waals surface area (Å²) in [5.74, 6) is -1.12. The Kier molecular flexibility index (Phi) is 4.36. The number of benzene rings is 2. The summed E-state index contributed by atoms with van der Waals surface area (Å²) < 4.78 is 14.9. The molecule has 0 fully saturated rings. The normalized spacial score (nSPS) is 10.8. The van der Waals surface area contributed by atoms with Gasteiger partial charge in [0.15, 0.2) is 0 Å². The molecule has 0 saturated heterocycles. The molecule has 3 aromatic rings. The van der Waals surface area contributed by atoms with Crippen LogP contribution in [0.3, 0.4) is 0 Å². The molecule has 3 rings (SSSR count). The molecule has 0 radical (unpaired) electrons. The number of hydrogen-bond acceptors (Lipinski definition) is 2. The standard InChI is InChI=1S/C18H14ClFN2O2/c1-11(23)22-10-15(14-8-13(20)6-7-17(14)22)18(24)21-9-12-4-2-3-5-16(12)19/h2-8,10H,9H2,1H3,(H,21,24). The van der Waals surface area contributed by atoms with Gasteiger partial charge in [-0.1, -0.05) is 29.8 Å². The minimum atomic E-state index is -0.469. The minimum absolute atomic E-state index is 0.237. The number of fused-ring (bicyclic) bond motifs is 1. The van der Waals surface area contributed by atoms with Gasteiger partial charge in [0.2, 0.25) is 5.91 Å². The van der Waals surface area contributed by atoms with Crippen molar-refractivity contribution in [2.75, 3.05) is 0 Å². The number of carbonyl (C=O) groups is 2. The molecular weight excluding hydrogens is 331 g/mol. The molecule has 0 aliphatic rings. The van der Waals surface area contributed by atoms with Crippen LogP contribution in [-0.2, 0) is 6.54 Å². The van der Waals surface area contributed by atoms with Gasteiger partial charge in [0, 0.05) is 30.1 Å². The molecule has 1 heterocycles. The van der Waals surface area contributed by atoms with Crippen LogP contribution in [0.25, 0.3) is 10.9 Å². The van der Waals surface area contributed by atoms with Crippen molar-refractivity contribution >= 4 is 34.3 Å². The average Bonchev–Trinajstić information content (AvgIpc) is 2.92. The van der Waals surface area contributed by atoms with Crippen molar-refractivity contribution in [3.8, 4) is 0 Å². The molecule has 0 unspecified atom stereocenters. The Balaban J connectivity index is 1.93. The van der Waals surface area contributed by atoms with E-state index in [0.29, 0.717) is 15.9 Å². The van der Waals surface area contributed by atoms with Gasteiger partial charge in [0.1, 0.15) is 5.82 Å². The fourth-order valence-electron chi connectivity index (χ4n) is 2.56. The number of aromatic nitrogens is 1. The Bertz CT molecular complexity index is 949. The quantitative estimate of drug-likeness (QED) is 0.780. The van der Waals surface area contributed by atoms with E-state index in [4.69, 9.17) is 11.6 Å². The first kappa shape index (κ1) is 16.2. The molecule has 1 amide bonds. The highest BCUT2D eigenvalue weighted by molar-refractivity contribution is 6.31. The number of nitrogens with one attached hydrogen (secondary N) is 1. The zero-order valence-electron chi connectivity index (χ0n) is 12.8. The molecule has 0 bridgehead atoms. The molecule has 1 aromatic heterocycles. The summed E-state index contributed by atoms with van der Waals surface area (Å²) in [4.78, 5) is 24.2. The van der Waals surface area contributed by atoms with E-state index in [1.807, 2.05) is 6.07 Å². The van der Waals surface area contributed by atoms with E-state index < -0.39 is 11.7 Å². The average molecular weight is 345 g/mol. The van der Waals surface area contributed by atoms with Crippen LogP contribution in [0, 0.1) is 5.82 Å². The summed E-state index contributed by atoms with van der Waals surface area (Å²) in [5, 5.41) is 3.69.